The molecule has 5 nitrogen and oxygen atoms in total. The molecule has 0 saturated carbocycles. The van der Waals surface area contributed by atoms with Crippen LogP contribution in [0.3, 0.4) is 0 Å². The lowest BCUT2D eigenvalue weighted by Crippen LogP contribution is -2.24. The van der Waals surface area contributed by atoms with Gasteiger partial charge in [0.05, 0.1) is 6.61 Å². The van der Waals surface area contributed by atoms with Gasteiger partial charge in [0.1, 0.15) is 0 Å². The Hall–Kier alpha value is -0.810. The van der Waals surface area contributed by atoms with E-state index >= 15 is 0 Å². The summed E-state index contributed by atoms with van der Waals surface area (Å²) in [7, 11) is 0. The molecule has 0 spiro atoms. The summed E-state index contributed by atoms with van der Waals surface area (Å²) in [5.41, 5.74) is 0. The third-order valence-corrected chi connectivity index (χ3v) is 2.76. The zero-order valence-electron chi connectivity index (χ0n) is 9.12. The molecule has 1 N–H and O–H groups in total. The van der Waals surface area contributed by atoms with Crippen LogP contribution in [0.5, 0.6) is 0 Å². The Morgan fingerprint density at radius 2 is 2.38 bits per heavy atom. The maximum Gasteiger partial charge on any atom is 0.315 e. The molecule has 2 heterocycles. The number of hydrogen-bond acceptors (Lipinski definition) is 5. The Morgan fingerprint density at radius 1 is 1.44 bits per heavy atom. The summed E-state index contributed by atoms with van der Waals surface area (Å²) in [5, 5.41) is 10.9. The van der Waals surface area contributed by atoms with Gasteiger partial charge in [-0.1, -0.05) is 5.10 Å². The Kier molecular flexibility index (Phi) is 4.42. The van der Waals surface area contributed by atoms with Gasteiger partial charge in [-0.3, -0.25) is 0 Å². The fourth-order valence-electron chi connectivity index (χ4n) is 1.71. The number of aromatic nitrogens is 2. The number of ether oxygens (including phenoxy) is 1. The van der Waals surface area contributed by atoms with Gasteiger partial charge in [0.2, 0.25) is 5.89 Å². The van der Waals surface area contributed by atoms with Gasteiger partial charge >= 0.3 is 6.01 Å². The van der Waals surface area contributed by atoms with Crippen LogP contribution in [0.4, 0.5) is 6.01 Å². The smallest absolute Gasteiger partial charge is 0.315 e. The van der Waals surface area contributed by atoms with E-state index in [1.165, 1.54) is 6.42 Å². The minimum atomic E-state index is 0.477. The Morgan fingerprint density at radius 3 is 3.12 bits per heavy atom. The van der Waals surface area contributed by atoms with E-state index in [1.807, 2.05) is 0 Å². The van der Waals surface area contributed by atoms with E-state index in [9.17, 15) is 0 Å². The van der Waals surface area contributed by atoms with Gasteiger partial charge in [-0.05, 0) is 18.8 Å². The highest BCUT2D eigenvalue weighted by Crippen LogP contribution is 2.14. The first-order valence-corrected chi connectivity index (χ1v) is 6.12. The van der Waals surface area contributed by atoms with Gasteiger partial charge in [0.25, 0.3) is 0 Å². The molecule has 1 unspecified atom stereocenters. The van der Waals surface area contributed by atoms with Gasteiger partial charge in [-0.15, -0.1) is 16.7 Å². The molecular formula is C10H16ClN3O2. The average molecular weight is 246 g/mol. The maximum absolute atomic E-state index is 5.58. The second kappa shape index (κ2) is 6.06. The lowest BCUT2D eigenvalue weighted by molar-refractivity contribution is 0.0593. The highest BCUT2D eigenvalue weighted by molar-refractivity contribution is 6.17. The van der Waals surface area contributed by atoms with Crippen molar-refractivity contribution in [2.45, 2.75) is 19.3 Å². The monoisotopic (exact) mass is 245 g/mol. The van der Waals surface area contributed by atoms with E-state index in [1.54, 1.807) is 0 Å². The Bertz CT molecular complexity index is 313. The van der Waals surface area contributed by atoms with Crippen molar-refractivity contribution in [3.63, 3.8) is 0 Å². The SMILES string of the molecule is ClCCc1nnc(NCC2CCCOC2)o1. The predicted octanol–water partition coefficient (Wildman–Crippen LogP) is 1.69. The fourth-order valence-corrected chi connectivity index (χ4v) is 1.87. The molecule has 6 heteroatoms. The number of alkyl halides is 1. The number of nitrogens with one attached hydrogen (secondary N) is 1. The highest BCUT2D eigenvalue weighted by Gasteiger charge is 2.14. The Balaban J connectivity index is 1.75. The van der Waals surface area contributed by atoms with Crippen LogP contribution in [0.2, 0.25) is 0 Å². The number of rotatable bonds is 5. The lowest BCUT2D eigenvalue weighted by Gasteiger charge is -2.21. The molecule has 1 aliphatic rings. The van der Waals surface area contributed by atoms with Crippen LogP contribution >= 0.6 is 11.6 Å². The third-order valence-electron chi connectivity index (χ3n) is 2.57. The zero-order chi connectivity index (χ0) is 11.2. The van der Waals surface area contributed by atoms with Crippen LogP contribution in [0.15, 0.2) is 4.42 Å². The molecular weight excluding hydrogens is 230 g/mol. The van der Waals surface area contributed by atoms with Gasteiger partial charge < -0.3 is 14.5 Å². The van der Waals surface area contributed by atoms with Gasteiger partial charge in [-0.25, -0.2) is 0 Å². The van der Waals surface area contributed by atoms with Crippen molar-refractivity contribution in [3.05, 3.63) is 5.89 Å². The first-order valence-electron chi connectivity index (χ1n) is 5.58. The number of aryl methyl sites for hydroxylation is 1. The van der Waals surface area contributed by atoms with Gasteiger partial charge in [0, 0.05) is 25.5 Å². The van der Waals surface area contributed by atoms with E-state index < -0.39 is 0 Å². The zero-order valence-corrected chi connectivity index (χ0v) is 9.87. The highest BCUT2D eigenvalue weighted by atomic mass is 35.5. The summed E-state index contributed by atoms with van der Waals surface area (Å²) in [6.45, 7) is 2.52. The number of hydrogen-bond donors (Lipinski definition) is 1. The van der Waals surface area contributed by atoms with E-state index in [-0.39, 0.29) is 0 Å². The van der Waals surface area contributed by atoms with E-state index in [0.717, 1.165) is 26.2 Å². The number of nitrogens with zero attached hydrogens (tertiary/aromatic N) is 2. The normalized spacial score (nSPS) is 20.9. The second-order valence-corrected chi connectivity index (χ2v) is 4.28. The van der Waals surface area contributed by atoms with Gasteiger partial charge in [-0.2, -0.15) is 0 Å². The molecule has 0 amide bonds. The van der Waals surface area contributed by atoms with Crippen molar-refractivity contribution in [2.24, 2.45) is 5.92 Å². The molecule has 90 valence electrons. The van der Waals surface area contributed by atoms with Crippen molar-refractivity contribution >= 4 is 17.6 Å². The van der Waals surface area contributed by atoms with E-state index in [4.69, 9.17) is 20.8 Å². The predicted molar refractivity (Wildman–Crippen MR) is 60.8 cm³/mol. The van der Waals surface area contributed by atoms with Crippen LogP contribution in [-0.4, -0.2) is 35.8 Å². The second-order valence-electron chi connectivity index (χ2n) is 3.90. The van der Waals surface area contributed by atoms with Crippen LogP contribution in [0.1, 0.15) is 18.7 Å². The first-order chi connectivity index (χ1) is 7.88. The summed E-state index contributed by atoms with van der Waals surface area (Å²) in [6, 6.07) is 0.477. The maximum atomic E-state index is 5.58. The number of halogens is 1. The van der Waals surface area contributed by atoms with Crippen LogP contribution in [0, 0.1) is 5.92 Å². The summed E-state index contributed by atoms with van der Waals surface area (Å²) in [5.74, 6) is 1.62. The van der Waals surface area contributed by atoms with Crippen molar-refractivity contribution in [1.29, 1.82) is 0 Å². The molecule has 0 radical (unpaired) electrons. The minimum absolute atomic E-state index is 0.477. The average Bonchev–Trinajstić information content (AvgIpc) is 2.76. The third kappa shape index (κ3) is 3.35. The van der Waals surface area contributed by atoms with Crippen LogP contribution in [-0.2, 0) is 11.2 Å². The fraction of sp³-hybridized carbons (Fsp3) is 0.800. The number of anilines is 1. The van der Waals surface area contributed by atoms with E-state index in [0.29, 0.717) is 30.1 Å². The minimum Gasteiger partial charge on any atom is -0.408 e. The summed E-state index contributed by atoms with van der Waals surface area (Å²) >= 11 is 5.58. The van der Waals surface area contributed by atoms with Crippen LogP contribution in [0.25, 0.3) is 0 Å². The van der Waals surface area contributed by atoms with Crippen molar-refractivity contribution < 1.29 is 9.15 Å². The topological polar surface area (TPSA) is 60.2 Å². The van der Waals surface area contributed by atoms with Gasteiger partial charge in [0.15, 0.2) is 0 Å². The molecule has 1 saturated heterocycles. The largest absolute Gasteiger partial charge is 0.408 e. The molecule has 1 atom stereocenters. The summed E-state index contributed by atoms with van der Waals surface area (Å²) in [6.07, 6.45) is 2.94. The molecule has 0 bridgehead atoms. The van der Waals surface area contributed by atoms with Crippen LogP contribution < -0.4 is 5.32 Å². The van der Waals surface area contributed by atoms with E-state index in [2.05, 4.69) is 15.5 Å². The molecule has 16 heavy (non-hydrogen) atoms. The summed E-state index contributed by atoms with van der Waals surface area (Å²) < 4.78 is 10.7. The Labute approximate surface area is 99.5 Å². The molecule has 0 aliphatic carbocycles. The lowest BCUT2D eigenvalue weighted by atomic mass is 10.0. The standard InChI is InChI=1S/C10H16ClN3O2/c11-4-3-9-13-14-10(16-9)12-6-8-2-1-5-15-7-8/h8H,1-7H2,(H,12,14). The summed E-state index contributed by atoms with van der Waals surface area (Å²) in [4.78, 5) is 0. The van der Waals surface area contributed by atoms with Crippen molar-refractivity contribution in [2.75, 3.05) is 31.0 Å². The van der Waals surface area contributed by atoms with Crippen molar-refractivity contribution in [1.82, 2.24) is 10.2 Å². The molecule has 1 aliphatic heterocycles. The molecule has 1 fully saturated rings. The van der Waals surface area contributed by atoms with Crippen molar-refractivity contribution in [3.8, 4) is 0 Å². The molecule has 0 aromatic carbocycles. The quantitative estimate of drug-likeness (QED) is 0.800. The first kappa shape index (κ1) is 11.7. The molecule has 1 aromatic rings. The molecule has 2 rings (SSSR count). The molecule has 1 aromatic heterocycles.